The summed E-state index contributed by atoms with van der Waals surface area (Å²) in [6.07, 6.45) is 5.08. The number of carbonyl (C=O) groups is 1. The van der Waals surface area contributed by atoms with Crippen molar-refractivity contribution < 1.29 is 4.79 Å². The van der Waals surface area contributed by atoms with Gasteiger partial charge in [-0.3, -0.25) is 9.69 Å². The number of thiophene rings is 1. The van der Waals surface area contributed by atoms with Gasteiger partial charge in [0.25, 0.3) is 5.91 Å². The van der Waals surface area contributed by atoms with Crippen LogP contribution in [0.4, 0.5) is 0 Å². The molecule has 1 fully saturated rings. The molecule has 0 spiro atoms. The van der Waals surface area contributed by atoms with Crippen LogP contribution in [-0.2, 0) is 11.3 Å². The van der Waals surface area contributed by atoms with Crippen LogP contribution < -0.4 is 0 Å². The molecule has 0 unspecified atom stereocenters. The Bertz CT molecular complexity index is 689. The topological polar surface area (TPSA) is 51.0 Å². The van der Waals surface area contributed by atoms with Gasteiger partial charge in [0.15, 0.2) is 0 Å². The van der Waals surface area contributed by atoms with Gasteiger partial charge in [0.05, 0.1) is 11.4 Å². The van der Waals surface area contributed by atoms with Gasteiger partial charge < -0.3 is 0 Å². The molecule has 8 heteroatoms. The number of aromatic nitrogens is 3. The van der Waals surface area contributed by atoms with E-state index in [0.29, 0.717) is 15.8 Å². The quantitative estimate of drug-likeness (QED) is 0.641. The lowest BCUT2D eigenvalue weighted by Crippen LogP contribution is -2.22. The number of thiocarbonyl (C=S) groups is 1. The predicted molar refractivity (Wildman–Crippen MR) is 84.4 cm³/mol. The highest BCUT2D eigenvalue weighted by Gasteiger charge is 2.28. The first-order chi connectivity index (χ1) is 9.63. The fourth-order valence-corrected chi connectivity index (χ4v) is 3.90. The molecule has 0 aliphatic carbocycles. The Labute approximate surface area is 129 Å². The number of thioether (sulfide) groups is 1. The van der Waals surface area contributed by atoms with Crippen LogP contribution in [0.1, 0.15) is 9.75 Å². The van der Waals surface area contributed by atoms with Gasteiger partial charge in [0, 0.05) is 16.8 Å². The standard InChI is InChI=1S/C12H10N4OS3/c1-15-11(17)10(20-12(15)18)4-8-2-3-9(19-8)5-16-7-13-6-14-16/h2-4,6-7H,5H2,1H3/b10-4-. The third-order valence-corrected chi connectivity index (χ3v) is 5.23. The molecular weight excluding hydrogens is 312 g/mol. The molecule has 3 rings (SSSR count). The molecule has 102 valence electrons. The Morgan fingerprint density at radius 3 is 2.95 bits per heavy atom. The number of amides is 1. The Kier molecular flexibility index (Phi) is 3.68. The molecule has 0 radical (unpaired) electrons. The van der Waals surface area contributed by atoms with Gasteiger partial charge in [-0.15, -0.1) is 11.3 Å². The highest BCUT2D eigenvalue weighted by atomic mass is 32.2. The lowest BCUT2D eigenvalue weighted by Gasteiger charge is -2.03. The summed E-state index contributed by atoms with van der Waals surface area (Å²) < 4.78 is 2.36. The van der Waals surface area contributed by atoms with E-state index < -0.39 is 0 Å². The lowest BCUT2D eigenvalue weighted by molar-refractivity contribution is -0.121. The number of rotatable bonds is 3. The third-order valence-electron chi connectivity index (χ3n) is 2.73. The second kappa shape index (κ2) is 5.47. The number of hydrogen-bond acceptors (Lipinski definition) is 6. The van der Waals surface area contributed by atoms with Gasteiger partial charge >= 0.3 is 0 Å². The lowest BCUT2D eigenvalue weighted by atomic mass is 10.3. The Hall–Kier alpha value is -1.51. The van der Waals surface area contributed by atoms with Crippen LogP contribution in [-0.4, -0.2) is 36.9 Å². The first-order valence-corrected chi connectivity index (χ1v) is 7.80. The zero-order chi connectivity index (χ0) is 14.1. The van der Waals surface area contributed by atoms with Crippen molar-refractivity contribution in [2.45, 2.75) is 6.54 Å². The molecule has 0 N–H and O–H groups in total. The fraction of sp³-hybridized carbons (Fsp3) is 0.167. The van der Waals surface area contributed by atoms with Crippen LogP contribution in [0, 0.1) is 0 Å². The normalized spacial score (nSPS) is 17.4. The molecule has 0 saturated carbocycles. The van der Waals surface area contributed by atoms with Crippen molar-refractivity contribution >= 4 is 51.6 Å². The molecule has 20 heavy (non-hydrogen) atoms. The van der Waals surface area contributed by atoms with E-state index in [9.17, 15) is 4.79 Å². The summed E-state index contributed by atoms with van der Waals surface area (Å²) in [5.41, 5.74) is 0. The monoisotopic (exact) mass is 322 g/mol. The van der Waals surface area contributed by atoms with Gasteiger partial charge in [-0.05, 0) is 18.2 Å². The summed E-state index contributed by atoms with van der Waals surface area (Å²) in [5.74, 6) is -0.0359. The van der Waals surface area contributed by atoms with E-state index in [-0.39, 0.29) is 5.91 Å². The van der Waals surface area contributed by atoms with E-state index >= 15 is 0 Å². The maximum Gasteiger partial charge on any atom is 0.265 e. The van der Waals surface area contributed by atoms with E-state index in [1.807, 2.05) is 18.2 Å². The minimum absolute atomic E-state index is 0.0359. The van der Waals surface area contributed by atoms with Gasteiger partial charge in [0.1, 0.15) is 17.0 Å². The first-order valence-electron chi connectivity index (χ1n) is 5.76. The van der Waals surface area contributed by atoms with Crippen LogP contribution >= 0.6 is 35.3 Å². The summed E-state index contributed by atoms with van der Waals surface area (Å²) in [7, 11) is 1.70. The molecule has 1 aliphatic heterocycles. The number of carbonyl (C=O) groups excluding carboxylic acids is 1. The number of hydrogen-bond donors (Lipinski definition) is 0. The summed E-state index contributed by atoms with van der Waals surface area (Å²) in [6.45, 7) is 0.688. The third kappa shape index (κ3) is 2.67. The summed E-state index contributed by atoms with van der Waals surface area (Å²) >= 11 is 8.08. The second-order valence-corrected chi connectivity index (χ2v) is 7.01. The first kappa shape index (κ1) is 13.5. The fourth-order valence-electron chi connectivity index (χ4n) is 1.71. The average Bonchev–Trinajstić information content (AvgIpc) is 3.12. The van der Waals surface area contributed by atoms with Crippen LogP contribution in [0.3, 0.4) is 0 Å². The van der Waals surface area contributed by atoms with Crippen LogP contribution in [0.2, 0.25) is 0 Å². The van der Waals surface area contributed by atoms with Gasteiger partial charge in [-0.1, -0.05) is 24.0 Å². The van der Waals surface area contributed by atoms with Crippen molar-refractivity contribution in [1.82, 2.24) is 19.7 Å². The Morgan fingerprint density at radius 2 is 2.30 bits per heavy atom. The molecule has 5 nitrogen and oxygen atoms in total. The van der Waals surface area contributed by atoms with Crippen molar-refractivity contribution in [1.29, 1.82) is 0 Å². The molecule has 3 heterocycles. The van der Waals surface area contributed by atoms with Crippen LogP contribution in [0.5, 0.6) is 0 Å². The highest BCUT2D eigenvalue weighted by molar-refractivity contribution is 8.26. The molecule has 2 aromatic rings. The van der Waals surface area contributed by atoms with E-state index in [4.69, 9.17) is 12.2 Å². The molecular formula is C12H10N4OS3. The molecule has 1 amide bonds. The second-order valence-electron chi connectivity index (χ2n) is 4.14. The summed E-state index contributed by atoms with van der Waals surface area (Å²) in [5, 5.41) is 4.07. The zero-order valence-corrected chi connectivity index (χ0v) is 13.0. The molecule has 0 bridgehead atoms. The van der Waals surface area contributed by atoms with Crippen molar-refractivity contribution in [2.75, 3.05) is 7.05 Å². The van der Waals surface area contributed by atoms with Gasteiger partial charge in [-0.2, -0.15) is 5.10 Å². The maximum atomic E-state index is 11.9. The van der Waals surface area contributed by atoms with Gasteiger partial charge in [0.2, 0.25) is 0 Å². The van der Waals surface area contributed by atoms with Crippen molar-refractivity contribution in [3.8, 4) is 0 Å². The molecule has 2 aromatic heterocycles. The zero-order valence-electron chi connectivity index (χ0n) is 10.5. The van der Waals surface area contributed by atoms with E-state index in [1.54, 1.807) is 29.4 Å². The highest BCUT2D eigenvalue weighted by Crippen LogP contribution is 2.32. The number of likely N-dealkylation sites (N-methyl/N-ethyl adjacent to an activating group) is 1. The number of nitrogens with zero attached hydrogens (tertiary/aromatic N) is 4. The van der Waals surface area contributed by atoms with Gasteiger partial charge in [-0.25, -0.2) is 9.67 Å². The Balaban J connectivity index is 1.77. The van der Waals surface area contributed by atoms with Crippen molar-refractivity contribution in [3.63, 3.8) is 0 Å². The molecule has 0 aromatic carbocycles. The molecule has 1 saturated heterocycles. The predicted octanol–water partition coefficient (Wildman–Crippen LogP) is 2.22. The average molecular weight is 322 g/mol. The van der Waals surface area contributed by atoms with E-state index in [0.717, 1.165) is 9.75 Å². The molecule has 1 aliphatic rings. The maximum absolute atomic E-state index is 11.9. The minimum Gasteiger partial charge on any atom is -0.296 e. The smallest absolute Gasteiger partial charge is 0.265 e. The largest absolute Gasteiger partial charge is 0.296 e. The van der Waals surface area contributed by atoms with Crippen LogP contribution in [0.15, 0.2) is 29.7 Å². The SMILES string of the molecule is CN1C(=O)/C(=C/c2ccc(Cn3cncn3)s2)SC1=S. The van der Waals surface area contributed by atoms with E-state index in [1.165, 1.54) is 23.0 Å². The van der Waals surface area contributed by atoms with Crippen molar-refractivity contribution in [2.24, 2.45) is 0 Å². The summed E-state index contributed by atoms with van der Waals surface area (Å²) in [4.78, 5) is 20.2. The van der Waals surface area contributed by atoms with E-state index in [2.05, 4.69) is 10.1 Å². The minimum atomic E-state index is -0.0359. The van der Waals surface area contributed by atoms with Crippen molar-refractivity contribution in [3.05, 3.63) is 39.4 Å². The summed E-state index contributed by atoms with van der Waals surface area (Å²) in [6, 6.07) is 4.03. The Morgan fingerprint density at radius 1 is 1.45 bits per heavy atom. The molecule has 0 atom stereocenters. The van der Waals surface area contributed by atoms with Crippen LogP contribution in [0.25, 0.3) is 6.08 Å².